The minimum Gasteiger partial charge on any atom is -0.394 e. The van der Waals surface area contributed by atoms with Crippen LogP contribution >= 0.6 is 8.25 Å². The lowest BCUT2D eigenvalue weighted by Gasteiger charge is -2.22. The fourth-order valence-corrected chi connectivity index (χ4v) is 8.23. The summed E-state index contributed by atoms with van der Waals surface area (Å²) in [6.45, 7) is 12.2. The molecule has 0 radical (unpaired) electrons. The van der Waals surface area contributed by atoms with Gasteiger partial charge in [0.05, 0.1) is 25.4 Å². The third kappa shape index (κ3) is 10.9. The molecule has 338 valence electrons. The first kappa shape index (κ1) is 46.7. The van der Waals surface area contributed by atoms with Crippen LogP contribution in [0.3, 0.4) is 0 Å². The Morgan fingerprint density at radius 3 is 2.34 bits per heavy atom. The number of benzene rings is 1. The molecule has 26 heteroatoms. The first-order valence-electron chi connectivity index (χ1n) is 19.8. The summed E-state index contributed by atoms with van der Waals surface area (Å²) in [6.07, 6.45) is -6.86. The van der Waals surface area contributed by atoms with Gasteiger partial charge in [0.1, 0.15) is 24.6 Å². The van der Waals surface area contributed by atoms with Gasteiger partial charge in [0.15, 0.2) is 46.8 Å². The average molecular weight is 909 g/mol. The number of nitrogens with one attached hydrogen (secondary N) is 4. The number of amides is 1. The Labute approximate surface area is 355 Å². The number of carbonyl (C=O) groups is 1. The molecular weight excluding hydrogens is 859 g/mol. The van der Waals surface area contributed by atoms with Crippen LogP contribution in [0.1, 0.15) is 53.5 Å². The van der Waals surface area contributed by atoms with E-state index in [1.807, 2.05) is 18.2 Å². The molecule has 7 rings (SSSR count). The van der Waals surface area contributed by atoms with Crippen molar-refractivity contribution in [3.05, 3.63) is 59.7 Å². The zero-order chi connectivity index (χ0) is 44.7. The molecule has 4 aromatic heterocycles. The maximum atomic E-state index is 16.0. The molecule has 2 aliphatic heterocycles. The Kier molecular flexibility index (Phi) is 15.5. The molecule has 1 amide bonds. The van der Waals surface area contributed by atoms with Crippen molar-refractivity contribution in [2.24, 2.45) is 5.92 Å². The van der Waals surface area contributed by atoms with E-state index in [2.05, 4.69) is 70.9 Å². The number of halogens is 1. The highest BCUT2D eigenvalue weighted by atomic mass is 32.2. The number of aliphatic hydroxyl groups is 1. The van der Waals surface area contributed by atoms with Crippen molar-refractivity contribution in [3.63, 3.8) is 0 Å². The molecular formula is C36H50FN12O11PS. The van der Waals surface area contributed by atoms with Crippen molar-refractivity contribution in [1.29, 1.82) is 0 Å². The Morgan fingerprint density at radius 2 is 1.71 bits per heavy atom. The van der Waals surface area contributed by atoms with E-state index in [1.165, 1.54) is 47.8 Å². The largest absolute Gasteiger partial charge is 0.394 e. The summed E-state index contributed by atoms with van der Waals surface area (Å²) in [6, 6.07) is 9.06. The van der Waals surface area contributed by atoms with Crippen LogP contribution in [-0.4, -0.2) is 132 Å². The molecule has 62 heavy (non-hydrogen) atoms. The highest BCUT2D eigenvalue weighted by molar-refractivity contribution is 7.84. The standard InChI is InChI=1S/C30H35FN11O11PS.C6H15N/c1-14(2)26(44)39-30-38-25-21(27(45)40-30)35-13-42(25)28-17(8-16(10-43)50-28)53-55(48,49)36-9-18-22(52-54(46)47)19(31)29(51-18)41-12-34-20-23(32-11-33-24(20)41)37-15-6-4-3-5-7-15;1-4-7(5-2)6-3/h3-7,11-14,16-19,22,28-29,36,43,54H,8-10H2,1-2H3,(H,46,47)(H,32,33,37)(H2,38,39,40,44,45);4-6H2,1-3H3/t16-,17+,18+,19+,22+,28+,29+;/m0./s1. The van der Waals surface area contributed by atoms with E-state index in [0.717, 1.165) is 0 Å². The molecule has 0 bridgehead atoms. The zero-order valence-electron chi connectivity index (χ0n) is 34.4. The first-order valence-corrected chi connectivity index (χ1v) is 22.5. The van der Waals surface area contributed by atoms with Crippen LogP contribution in [0.2, 0.25) is 0 Å². The summed E-state index contributed by atoms with van der Waals surface area (Å²) in [7, 11) is -8.49. The van der Waals surface area contributed by atoms with Gasteiger partial charge in [-0.25, -0.2) is 28.5 Å². The van der Waals surface area contributed by atoms with Gasteiger partial charge in [-0.3, -0.25) is 33.6 Å². The predicted molar refractivity (Wildman–Crippen MR) is 222 cm³/mol. The number of aromatic amines is 1. The molecule has 2 saturated heterocycles. The SMILES string of the molecule is CC(C)C(=O)Nc1nc2c(ncn2[C@@H]2O[C@H](CO)C[C@H]2OS(=O)(=O)NC[C@H]2O[C@@H](n3cnc4c(Nc5ccccc5)ncnc43)[C@H](F)[C@@H]2O[PH](=O)O)c(=O)[nH]1.CCN(CC)CC. The van der Waals surface area contributed by atoms with Crippen molar-refractivity contribution >= 4 is 64.2 Å². The molecule has 23 nitrogen and oxygen atoms in total. The maximum absolute atomic E-state index is 16.0. The molecule has 0 spiro atoms. The highest BCUT2D eigenvalue weighted by Crippen LogP contribution is 2.40. The van der Waals surface area contributed by atoms with Gasteiger partial charge in [-0.2, -0.15) is 18.1 Å². The summed E-state index contributed by atoms with van der Waals surface area (Å²) < 4.78 is 81.3. The molecule has 0 saturated carbocycles. The molecule has 0 aliphatic carbocycles. The van der Waals surface area contributed by atoms with Crippen LogP contribution in [0.4, 0.5) is 21.8 Å². The van der Waals surface area contributed by atoms with E-state index in [9.17, 15) is 32.6 Å². The van der Waals surface area contributed by atoms with Gasteiger partial charge in [-0.1, -0.05) is 52.8 Å². The third-order valence-electron chi connectivity index (χ3n) is 10.0. The Hall–Kier alpha value is -4.82. The molecule has 8 atom stereocenters. The summed E-state index contributed by atoms with van der Waals surface area (Å²) in [5.41, 5.74) is 0.165. The van der Waals surface area contributed by atoms with Gasteiger partial charge < -0.3 is 34.2 Å². The smallest absolute Gasteiger partial charge is 0.336 e. The number of aromatic nitrogens is 8. The number of carbonyl (C=O) groups excluding carboxylic acids is 1. The number of hydrogen-bond donors (Lipinski definition) is 6. The fourth-order valence-electron chi connectivity index (χ4n) is 6.78. The summed E-state index contributed by atoms with van der Waals surface area (Å²) in [4.78, 5) is 60.4. The van der Waals surface area contributed by atoms with E-state index >= 15 is 4.39 Å². The Morgan fingerprint density at radius 1 is 1.03 bits per heavy atom. The van der Waals surface area contributed by atoms with Crippen LogP contribution in [0.25, 0.3) is 22.3 Å². The van der Waals surface area contributed by atoms with Crippen molar-refractivity contribution in [2.45, 2.75) is 84.1 Å². The third-order valence-corrected chi connectivity index (χ3v) is 11.5. The number of fused-ring (bicyclic) bond motifs is 2. The summed E-state index contributed by atoms with van der Waals surface area (Å²) >= 11 is 0. The van der Waals surface area contributed by atoms with E-state index in [1.54, 1.807) is 26.0 Å². The molecule has 6 heterocycles. The number of imidazole rings is 2. The monoisotopic (exact) mass is 908 g/mol. The number of para-hydroxylation sites is 1. The van der Waals surface area contributed by atoms with Gasteiger partial charge in [0.25, 0.3) is 5.56 Å². The summed E-state index contributed by atoms with van der Waals surface area (Å²) in [5.74, 6) is -0.755. The van der Waals surface area contributed by atoms with Crippen LogP contribution in [0, 0.1) is 5.92 Å². The van der Waals surface area contributed by atoms with E-state index in [4.69, 9.17) is 18.2 Å². The molecule has 5 aromatic rings. The van der Waals surface area contributed by atoms with Crippen molar-refractivity contribution < 1.29 is 50.3 Å². The predicted octanol–water partition coefficient (Wildman–Crippen LogP) is 2.15. The Balaban J connectivity index is 0.000000845. The van der Waals surface area contributed by atoms with Crippen LogP contribution in [0.15, 0.2) is 54.1 Å². The number of alkyl halides is 1. The lowest BCUT2D eigenvalue weighted by molar-refractivity contribution is -0.118. The second-order valence-corrected chi connectivity index (χ2v) is 16.6. The normalized spacial score (nSPS) is 23.2. The lowest BCUT2D eigenvalue weighted by atomic mass is 10.1. The molecule has 2 aliphatic rings. The summed E-state index contributed by atoms with van der Waals surface area (Å²) in [5, 5.41) is 15.4. The maximum Gasteiger partial charge on any atom is 0.336 e. The number of aliphatic hydroxyl groups excluding tert-OH is 1. The van der Waals surface area contributed by atoms with E-state index in [0.29, 0.717) is 11.5 Å². The number of nitrogens with zero attached hydrogens (tertiary/aromatic N) is 8. The van der Waals surface area contributed by atoms with Gasteiger partial charge in [0.2, 0.25) is 11.9 Å². The number of rotatable bonds is 17. The lowest BCUT2D eigenvalue weighted by Crippen LogP contribution is -2.41. The van der Waals surface area contributed by atoms with Crippen molar-refractivity contribution in [1.82, 2.24) is 48.7 Å². The second kappa shape index (κ2) is 20.6. The molecule has 2 fully saturated rings. The Bertz CT molecular complexity index is 2490. The van der Waals surface area contributed by atoms with Crippen LogP contribution in [0.5, 0.6) is 0 Å². The van der Waals surface area contributed by atoms with Crippen molar-refractivity contribution in [2.75, 3.05) is 43.4 Å². The van der Waals surface area contributed by atoms with E-state index < -0.39 is 92.1 Å². The van der Waals surface area contributed by atoms with Crippen LogP contribution in [-0.2, 0) is 37.8 Å². The van der Waals surface area contributed by atoms with Gasteiger partial charge in [-0.15, -0.1) is 0 Å². The first-order chi connectivity index (χ1) is 29.7. The number of ether oxygens (including phenoxy) is 2. The van der Waals surface area contributed by atoms with Crippen molar-refractivity contribution in [3.8, 4) is 0 Å². The molecule has 1 unspecified atom stereocenters. The minimum absolute atomic E-state index is 0.0794. The molecule has 1 aromatic carbocycles. The second-order valence-electron chi connectivity index (χ2n) is 14.4. The molecule has 6 N–H and O–H groups in total. The average Bonchev–Trinajstić information content (AvgIpc) is 4.03. The van der Waals surface area contributed by atoms with Crippen LogP contribution < -0.4 is 20.9 Å². The quantitative estimate of drug-likeness (QED) is 0.0729. The van der Waals surface area contributed by atoms with E-state index in [-0.39, 0.29) is 34.7 Å². The van der Waals surface area contributed by atoms with Gasteiger partial charge in [-0.05, 0) is 31.8 Å². The topological polar surface area (TPSA) is 292 Å². The number of H-pyrrole nitrogens is 1. The van der Waals surface area contributed by atoms with Gasteiger partial charge >= 0.3 is 18.6 Å². The van der Waals surface area contributed by atoms with Gasteiger partial charge in [0, 0.05) is 24.6 Å². The zero-order valence-corrected chi connectivity index (χ0v) is 36.2. The minimum atomic E-state index is -4.74. The number of hydrogen-bond acceptors (Lipinski definition) is 17. The fraction of sp³-hybridized carbons (Fsp3) is 0.528. The highest BCUT2D eigenvalue weighted by Gasteiger charge is 2.49. The number of anilines is 3.